The van der Waals surface area contributed by atoms with Gasteiger partial charge in [0.15, 0.2) is 5.82 Å². The maximum absolute atomic E-state index is 11.9. The number of aromatic nitrogens is 2. The van der Waals surface area contributed by atoms with E-state index in [-0.39, 0.29) is 5.56 Å². The fourth-order valence-electron chi connectivity index (χ4n) is 2.51. The van der Waals surface area contributed by atoms with Gasteiger partial charge >= 0.3 is 0 Å². The first-order valence-electron chi connectivity index (χ1n) is 6.46. The zero-order valence-corrected chi connectivity index (χ0v) is 10.3. The molecule has 5 heteroatoms. The highest BCUT2D eigenvalue weighted by Gasteiger charge is 2.17. The topological polar surface area (TPSA) is 66.8 Å². The summed E-state index contributed by atoms with van der Waals surface area (Å²) in [7, 11) is 0. The molecule has 5 nitrogen and oxygen atoms in total. The van der Waals surface area contributed by atoms with E-state index in [2.05, 4.69) is 15.3 Å². The number of hydrogen-bond donors (Lipinski definition) is 3. The Morgan fingerprint density at radius 2 is 2.06 bits per heavy atom. The summed E-state index contributed by atoms with van der Waals surface area (Å²) in [4.78, 5) is 20.9. The summed E-state index contributed by atoms with van der Waals surface area (Å²) in [5.74, 6) is 0.801. The van der Waals surface area contributed by atoms with Crippen molar-refractivity contribution in [2.75, 3.05) is 26.2 Å². The number of piperazine rings is 1. The smallest absolute Gasteiger partial charge is 0.258 e. The number of hydrogen-bond acceptors (Lipinski definition) is 2. The first-order chi connectivity index (χ1) is 8.83. The SMILES string of the molecule is O=c1[nH]c(C[NH+]2CC[NH2+]CC2)nc2ccccc12. The number of rotatable bonds is 2. The van der Waals surface area contributed by atoms with Crippen LogP contribution in [-0.2, 0) is 6.54 Å². The lowest BCUT2D eigenvalue weighted by Gasteiger charge is -2.21. The molecule has 2 heterocycles. The van der Waals surface area contributed by atoms with Gasteiger partial charge in [0.25, 0.3) is 5.56 Å². The van der Waals surface area contributed by atoms with Crippen molar-refractivity contribution in [2.45, 2.75) is 6.54 Å². The van der Waals surface area contributed by atoms with E-state index in [0.29, 0.717) is 5.39 Å². The number of fused-ring (bicyclic) bond motifs is 1. The van der Waals surface area contributed by atoms with Crippen LogP contribution >= 0.6 is 0 Å². The van der Waals surface area contributed by atoms with E-state index in [0.717, 1.165) is 44.1 Å². The van der Waals surface area contributed by atoms with E-state index in [1.165, 1.54) is 4.90 Å². The predicted molar refractivity (Wildman–Crippen MR) is 68.4 cm³/mol. The molecule has 2 aromatic rings. The Kier molecular flexibility index (Phi) is 3.08. The third kappa shape index (κ3) is 2.27. The molecule has 1 saturated heterocycles. The van der Waals surface area contributed by atoms with E-state index in [1.54, 1.807) is 0 Å². The highest BCUT2D eigenvalue weighted by molar-refractivity contribution is 5.77. The molecule has 4 N–H and O–H groups in total. The van der Waals surface area contributed by atoms with Crippen LogP contribution in [0.5, 0.6) is 0 Å². The first-order valence-corrected chi connectivity index (χ1v) is 6.46. The maximum Gasteiger partial charge on any atom is 0.258 e. The van der Waals surface area contributed by atoms with Crippen molar-refractivity contribution in [1.82, 2.24) is 9.97 Å². The highest BCUT2D eigenvalue weighted by Crippen LogP contribution is 2.04. The lowest BCUT2D eigenvalue weighted by Crippen LogP contribution is -3.19. The summed E-state index contributed by atoms with van der Waals surface area (Å²) in [5, 5.41) is 3.00. The van der Waals surface area contributed by atoms with Crippen molar-refractivity contribution in [3.63, 3.8) is 0 Å². The van der Waals surface area contributed by atoms with Gasteiger partial charge in [-0.05, 0) is 12.1 Å². The molecule has 1 aliphatic heterocycles. The van der Waals surface area contributed by atoms with Crippen molar-refractivity contribution in [3.8, 4) is 0 Å². The van der Waals surface area contributed by atoms with Gasteiger partial charge < -0.3 is 15.2 Å². The van der Waals surface area contributed by atoms with Crippen LogP contribution in [0.25, 0.3) is 10.9 Å². The number of aromatic amines is 1. The zero-order valence-electron chi connectivity index (χ0n) is 10.3. The molecule has 1 aliphatic rings. The van der Waals surface area contributed by atoms with Gasteiger partial charge in [-0.1, -0.05) is 12.1 Å². The number of quaternary nitrogens is 2. The summed E-state index contributed by atoms with van der Waals surface area (Å²) >= 11 is 0. The van der Waals surface area contributed by atoms with Gasteiger partial charge in [0.1, 0.15) is 32.7 Å². The molecular formula is C13H18N4O+2. The third-order valence-electron chi connectivity index (χ3n) is 3.48. The quantitative estimate of drug-likeness (QED) is 0.567. The van der Waals surface area contributed by atoms with Gasteiger partial charge in [-0.3, -0.25) is 4.79 Å². The Balaban J connectivity index is 1.90. The Bertz CT molecular complexity index is 601. The Morgan fingerprint density at radius 3 is 2.89 bits per heavy atom. The van der Waals surface area contributed by atoms with Crippen LogP contribution in [0.3, 0.4) is 0 Å². The predicted octanol–water partition coefficient (Wildman–Crippen LogP) is -2.11. The Hall–Kier alpha value is -1.72. The third-order valence-corrected chi connectivity index (χ3v) is 3.48. The van der Waals surface area contributed by atoms with Gasteiger partial charge in [0.2, 0.25) is 0 Å². The number of nitrogens with two attached hydrogens (primary N) is 1. The van der Waals surface area contributed by atoms with Gasteiger partial charge in [-0.2, -0.15) is 0 Å². The van der Waals surface area contributed by atoms with E-state index in [1.807, 2.05) is 24.3 Å². The molecular weight excluding hydrogens is 228 g/mol. The van der Waals surface area contributed by atoms with Crippen LogP contribution < -0.4 is 15.8 Å². The lowest BCUT2D eigenvalue weighted by molar-refractivity contribution is -0.958. The molecule has 1 fully saturated rings. The molecule has 0 bridgehead atoms. The van der Waals surface area contributed by atoms with Gasteiger partial charge in [0.05, 0.1) is 10.9 Å². The molecule has 0 radical (unpaired) electrons. The van der Waals surface area contributed by atoms with Crippen molar-refractivity contribution in [1.29, 1.82) is 0 Å². The molecule has 18 heavy (non-hydrogen) atoms. The highest BCUT2D eigenvalue weighted by atomic mass is 16.1. The largest absolute Gasteiger partial charge is 0.337 e. The second kappa shape index (κ2) is 4.88. The van der Waals surface area contributed by atoms with Crippen molar-refractivity contribution in [3.05, 3.63) is 40.4 Å². The summed E-state index contributed by atoms with van der Waals surface area (Å²) in [6.07, 6.45) is 0. The molecule has 94 valence electrons. The van der Waals surface area contributed by atoms with E-state index in [9.17, 15) is 4.79 Å². The Labute approximate surface area is 105 Å². The normalized spacial score (nSPS) is 17.1. The van der Waals surface area contributed by atoms with E-state index < -0.39 is 0 Å². The average Bonchev–Trinajstić information content (AvgIpc) is 2.40. The van der Waals surface area contributed by atoms with Gasteiger partial charge in [-0.25, -0.2) is 4.98 Å². The minimum Gasteiger partial charge on any atom is -0.337 e. The molecule has 0 spiro atoms. The summed E-state index contributed by atoms with van der Waals surface area (Å²) in [6, 6.07) is 7.49. The maximum atomic E-state index is 11.9. The van der Waals surface area contributed by atoms with E-state index in [4.69, 9.17) is 0 Å². The van der Waals surface area contributed by atoms with Crippen LogP contribution in [0, 0.1) is 0 Å². The minimum absolute atomic E-state index is 0.0291. The zero-order chi connectivity index (χ0) is 12.4. The number of nitrogens with zero attached hydrogens (tertiary/aromatic N) is 1. The van der Waals surface area contributed by atoms with Gasteiger partial charge in [0, 0.05) is 0 Å². The number of benzene rings is 1. The fraction of sp³-hybridized carbons (Fsp3) is 0.385. The first kappa shape index (κ1) is 11.4. The van der Waals surface area contributed by atoms with Crippen LogP contribution in [0.15, 0.2) is 29.1 Å². The summed E-state index contributed by atoms with van der Waals surface area (Å²) in [5.41, 5.74) is 0.762. The molecule has 3 rings (SSSR count). The molecule has 0 saturated carbocycles. The number of H-pyrrole nitrogens is 1. The molecule has 0 amide bonds. The summed E-state index contributed by atoms with van der Waals surface area (Å²) in [6.45, 7) is 5.40. The molecule has 0 atom stereocenters. The van der Waals surface area contributed by atoms with Crippen molar-refractivity contribution < 1.29 is 10.2 Å². The second-order valence-electron chi connectivity index (χ2n) is 4.82. The van der Waals surface area contributed by atoms with Gasteiger partial charge in [-0.15, -0.1) is 0 Å². The molecule has 0 aliphatic carbocycles. The standard InChI is InChI=1S/C13H16N4O/c18-13-10-3-1-2-4-11(10)15-12(16-13)9-17-7-5-14-6-8-17/h1-4,14H,5-9H2,(H,15,16,18)/p+2. The minimum atomic E-state index is -0.0291. The molecule has 0 unspecified atom stereocenters. The van der Waals surface area contributed by atoms with E-state index >= 15 is 0 Å². The van der Waals surface area contributed by atoms with Crippen LogP contribution in [0.4, 0.5) is 0 Å². The van der Waals surface area contributed by atoms with Crippen molar-refractivity contribution in [2.24, 2.45) is 0 Å². The molecule has 1 aromatic carbocycles. The van der Waals surface area contributed by atoms with Crippen LogP contribution in [0.1, 0.15) is 5.82 Å². The summed E-state index contributed by atoms with van der Waals surface area (Å²) < 4.78 is 0. The number of para-hydroxylation sites is 1. The van der Waals surface area contributed by atoms with Crippen molar-refractivity contribution >= 4 is 10.9 Å². The Morgan fingerprint density at radius 1 is 1.28 bits per heavy atom. The van der Waals surface area contributed by atoms with Crippen LogP contribution in [-0.4, -0.2) is 36.1 Å². The van der Waals surface area contributed by atoms with Crippen LogP contribution in [0.2, 0.25) is 0 Å². The lowest BCUT2D eigenvalue weighted by atomic mass is 10.2. The molecule has 1 aromatic heterocycles. The number of nitrogens with one attached hydrogen (secondary N) is 2. The fourth-order valence-corrected chi connectivity index (χ4v) is 2.51. The monoisotopic (exact) mass is 246 g/mol. The average molecular weight is 246 g/mol. The second-order valence-corrected chi connectivity index (χ2v) is 4.82.